The number of anilines is 3. The van der Waals surface area contributed by atoms with Crippen molar-refractivity contribution in [2.45, 2.75) is 13.0 Å². The molecule has 11 nitrogen and oxygen atoms in total. The van der Waals surface area contributed by atoms with Crippen molar-refractivity contribution < 1.29 is 13.5 Å². The Labute approximate surface area is 209 Å². The molecule has 188 valence electrons. The lowest BCUT2D eigenvalue weighted by atomic mass is 10.1. The smallest absolute Gasteiger partial charge is 0.226 e. The number of ether oxygens (including phenoxy) is 1. The zero-order valence-corrected chi connectivity index (χ0v) is 19.8. The molecule has 0 amide bonds. The van der Waals surface area contributed by atoms with Crippen molar-refractivity contribution in [1.29, 1.82) is 0 Å². The Bertz CT molecular complexity index is 1590. The normalized spacial score (nSPS) is 15.9. The fraction of sp³-hybridized carbons (Fsp3) is 0.250. The average Bonchev–Trinajstić information content (AvgIpc) is 3.41. The van der Waals surface area contributed by atoms with Gasteiger partial charge in [0.25, 0.3) is 0 Å². The van der Waals surface area contributed by atoms with Crippen molar-refractivity contribution >= 4 is 34.1 Å². The molecule has 1 aromatic carbocycles. The fourth-order valence-corrected chi connectivity index (χ4v) is 4.19. The Morgan fingerprint density at radius 3 is 2.97 bits per heavy atom. The summed E-state index contributed by atoms with van der Waals surface area (Å²) < 4.78 is 36.1. The molecule has 37 heavy (non-hydrogen) atoms. The molecule has 1 aliphatic rings. The van der Waals surface area contributed by atoms with Gasteiger partial charge >= 0.3 is 0 Å². The SMILES string of the molecule is Cc1c(Oc2ccn3ncnc3c2)ccc(Nc2ncnc3cnc(N4CCN[C@H](CF)C4)nc23)c1F. The van der Waals surface area contributed by atoms with E-state index in [1.807, 2.05) is 4.90 Å². The van der Waals surface area contributed by atoms with Crippen LogP contribution < -0.4 is 20.3 Å². The van der Waals surface area contributed by atoms with Gasteiger partial charge in [-0.25, -0.2) is 38.2 Å². The van der Waals surface area contributed by atoms with Crippen LogP contribution in [0.1, 0.15) is 5.56 Å². The number of alkyl halides is 1. The summed E-state index contributed by atoms with van der Waals surface area (Å²) in [7, 11) is 0. The molecule has 0 radical (unpaired) electrons. The summed E-state index contributed by atoms with van der Waals surface area (Å²) in [6, 6.07) is 6.41. The summed E-state index contributed by atoms with van der Waals surface area (Å²) in [5.41, 5.74) is 2.07. The van der Waals surface area contributed by atoms with E-state index in [9.17, 15) is 4.39 Å². The number of halogens is 2. The number of hydrogen-bond acceptors (Lipinski definition) is 10. The standard InChI is InChI=1S/C24H22F2N10O/c1-14-19(37-16-4-6-36-20(8-16)30-13-32-36)3-2-17(21(14)26)33-23-22-18(29-12-31-23)10-28-24(34-22)35-7-5-27-15(9-25)11-35/h2-4,6,8,10,12-13,15,27H,5,7,9,11H2,1H3,(H,29,31,33)/t15-/m1/s1. The topological polar surface area (TPSA) is 118 Å². The molecule has 1 fully saturated rings. The molecule has 2 N–H and O–H groups in total. The molecule has 6 rings (SSSR count). The summed E-state index contributed by atoms with van der Waals surface area (Å²) in [5, 5.41) is 10.2. The van der Waals surface area contributed by atoms with E-state index in [0.717, 1.165) is 0 Å². The van der Waals surface area contributed by atoms with Crippen LogP contribution in [0.3, 0.4) is 0 Å². The van der Waals surface area contributed by atoms with E-state index in [0.29, 0.717) is 65.1 Å². The molecule has 0 saturated carbocycles. The van der Waals surface area contributed by atoms with E-state index >= 15 is 4.39 Å². The fourth-order valence-electron chi connectivity index (χ4n) is 4.19. The van der Waals surface area contributed by atoms with Gasteiger partial charge in [-0.1, -0.05) is 0 Å². The van der Waals surface area contributed by atoms with Gasteiger partial charge in [-0.05, 0) is 25.1 Å². The Hall–Kier alpha value is -4.52. The molecule has 5 aromatic rings. The van der Waals surface area contributed by atoms with Gasteiger partial charge < -0.3 is 20.3 Å². The van der Waals surface area contributed by atoms with Crippen LogP contribution >= 0.6 is 0 Å². The second kappa shape index (κ2) is 9.50. The Morgan fingerprint density at radius 2 is 2.08 bits per heavy atom. The van der Waals surface area contributed by atoms with Crippen LogP contribution in [0.2, 0.25) is 0 Å². The zero-order valence-electron chi connectivity index (χ0n) is 19.8. The van der Waals surface area contributed by atoms with E-state index in [1.165, 1.54) is 12.7 Å². The molecule has 0 spiro atoms. The quantitative estimate of drug-likeness (QED) is 0.357. The summed E-state index contributed by atoms with van der Waals surface area (Å²) in [5.74, 6) is 1.16. The highest BCUT2D eigenvalue weighted by atomic mass is 19.1. The maximum Gasteiger partial charge on any atom is 0.226 e. The Kier molecular flexibility index (Phi) is 5.88. The first-order valence-corrected chi connectivity index (χ1v) is 11.6. The van der Waals surface area contributed by atoms with Gasteiger partial charge in [0.05, 0.1) is 17.9 Å². The van der Waals surface area contributed by atoms with E-state index in [-0.39, 0.29) is 11.7 Å². The van der Waals surface area contributed by atoms with Gasteiger partial charge in [0.15, 0.2) is 17.3 Å². The first-order chi connectivity index (χ1) is 18.1. The maximum atomic E-state index is 15.4. The highest BCUT2D eigenvalue weighted by Crippen LogP contribution is 2.33. The second-order valence-corrected chi connectivity index (χ2v) is 8.58. The second-order valence-electron chi connectivity index (χ2n) is 8.58. The molecule has 1 atom stereocenters. The predicted octanol–water partition coefficient (Wildman–Crippen LogP) is 3.19. The van der Waals surface area contributed by atoms with Gasteiger partial charge in [0, 0.05) is 37.5 Å². The largest absolute Gasteiger partial charge is 0.457 e. The van der Waals surface area contributed by atoms with Crippen molar-refractivity contribution in [3.8, 4) is 11.5 Å². The molecule has 0 bridgehead atoms. The molecule has 0 unspecified atom stereocenters. The van der Waals surface area contributed by atoms with E-state index < -0.39 is 12.5 Å². The van der Waals surface area contributed by atoms with Crippen molar-refractivity contribution in [2.24, 2.45) is 0 Å². The van der Waals surface area contributed by atoms with Crippen molar-refractivity contribution in [2.75, 3.05) is 36.5 Å². The number of pyridine rings is 1. The van der Waals surface area contributed by atoms with E-state index in [2.05, 4.69) is 40.7 Å². The van der Waals surface area contributed by atoms with Crippen LogP contribution in [-0.4, -0.2) is 66.9 Å². The number of rotatable bonds is 6. The minimum Gasteiger partial charge on any atom is -0.457 e. The monoisotopic (exact) mass is 504 g/mol. The number of benzene rings is 1. The Balaban J connectivity index is 1.28. The Morgan fingerprint density at radius 1 is 1.16 bits per heavy atom. The first kappa shape index (κ1) is 22.9. The molecular formula is C24H22F2N10O. The minimum absolute atomic E-state index is 0.206. The van der Waals surface area contributed by atoms with Crippen molar-refractivity contribution in [3.63, 3.8) is 0 Å². The lowest BCUT2D eigenvalue weighted by molar-refractivity contribution is 0.351. The van der Waals surface area contributed by atoms with E-state index in [1.54, 1.807) is 48.1 Å². The molecule has 5 heterocycles. The lowest BCUT2D eigenvalue weighted by Crippen LogP contribution is -2.52. The number of hydrogen-bond donors (Lipinski definition) is 2. The van der Waals surface area contributed by atoms with Gasteiger partial charge in [-0.3, -0.25) is 0 Å². The predicted molar refractivity (Wildman–Crippen MR) is 133 cm³/mol. The third kappa shape index (κ3) is 4.44. The van der Waals surface area contributed by atoms with Crippen LogP contribution in [0.4, 0.5) is 26.2 Å². The molecule has 13 heteroatoms. The number of piperazine rings is 1. The minimum atomic E-state index is -0.491. The third-order valence-corrected chi connectivity index (χ3v) is 6.16. The molecule has 4 aromatic heterocycles. The van der Waals surface area contributed by atoms with Gasteiger partial charge in [-0.15, -0.1) is 0 Å². The van der Waals surface area contributed by atoms with Crippen LogP contribution in [0, 0.1) is 12.7 Å². The molecule has 1 saturated heterocycles. The molecule has 0 aliphatic carbocycles. The van der Waals surface area contributed by atoms with Crippen LogP contribution in [0.15, 0.2) is 49.3 Å². The first-order valence-electron chi connectivity index (χ1n) is 11.6. The highest BCUT2D eigenvalue weighted by molar-refractivity contribution is 5.87. The summed E-state index contributed by atoms with van der Waals surface area (Å²) in [6.45, 7) is 2.86. The van der Waals surface area contributed by atoms with Crippen LogP contribution in [-0.2, 0) is 0 Å². The number of nitrogens with zero attached hydrogens (tertiary/aromatic N) is 8. The zero-order chi connectivity index (χ0) is 25.4. The summed E-state index contributed by atoms with van der Waals surface area (Å²) in [4.78, 5) is 23.6. The number of fused-ring (bicyclic) bond motifs is 2. The van der Waals surface area contributed by atoms with Crippen molar-refractivity contribution in [3.05, 3.63) is 60.7 Å². The summed E-state index contributed by atoms with van der Waals surface area (Å²) >= 11 is 0. The van der Waals surface area contributed by atoms with Crippen molar-refractivity contribution in [1.82, 2.24) is 39.9 Å². The average molecular weight is 505 g/mol. The highest BCUT2D eigenvalue weighted by Gasteiger charge is 2.22. The molecule has 1 aliphatic heterocycles. The van der Waals surface area contributed by atoms with E-state index in [4.69, 9.17) is 4.74 Å². The third-order valence-electron chi connectivity index (χ3n) is 6.16. The van der Waals surface area contributed by atoms with Crippen LogP contribution in [0.5, 0.6) is 11.5 Å². The number of nitrogens with one attached hydrogen (secondary N) is 2. The van der Waals surface area contributed by atoms with Gasteiger partial charge in [-0.2, -0.15) is 5.10 Å². The van der Waals surface area contributed by atoms with Crippen LogP contribution in [0.25, 0.3) is 16.7 Å². The van der Waals surface area contributed by atoms with Gasteiger partial charge in [0.1, 0.15) is 41.9 Å². The maximum absolute atomic E-state index is 15.4. The number of aromatic nitrogens is 7. The summed E-state index contributed by atoms with van der Waals surface area (Å²) in [6.07, 6.45) is 6.11. The lowest BCUT2D eigenvalue weighted by Gasteiger charge is -2.32. The molecular weight excluding hydrogens is 482 g/mol. The van der Waals surface area contributed by atoms with Gasteiger partial charge in [0.2, 0.25) is 5.95 Å².